The molecule has 4 rings (SSSR count). The number of aromatic nitrogens is 3. The van der Waals surface area contributed by atoms with Crippen LogP contribution in [-0.4, -0.2) is 38.6 Å². The number of nitrogens with zero attached hydrogens (tertiary/aromatic N) is 3. The molecule has 0 saturated heterocycles. The van der Waals surface area contributed by atoms with Gasteiger partial charge in [-0.1, -0.05) is 0 Å². The Kier molecular flexibility index (Phi) is 4.30. The molecule has 3 heterocycles. The highest BCUT2D eigenvalue weighted by Gasteiger charge is 2.36. The van der Waals surface area contributed by atoms with Gasteiger partial charge in [0.15, 0.2) is 0 Å². The topological polar surface area (TPSA) is 88.8 Å². The van der Waals surface area contributed by atoms with Crippen LogP contribution in [0.2, 0.25) is 0 Å². The molecule has 1 saturated carbocycles. The highest BCUT2D eigenvalue weighted by Crippen LogP contribution is 2.38. The molecule has 0 bridgehead atoms. The van der Waals surface area contributed by atoms with Crippen LogP contribution in [0.1, 0.15) is 34.8 Å². The van der Waals surface area contributed by atoms with Gasteiger partial charge in [-0.2, -0.15) is 0 Å². The highest BCUT2D eigenvalue weighted by molar-refractivity contribution is 5.94. The number of carbonyl (C=O) groups is 1. The number of fused-ring (bicyclic) bond motifs is 1. The van der Waals surface area contributed by atoms with Gasteiger partial charge in [-0.25, -0.2) is 4.98 Å². The first-order chi connectivity index (χ1) is 12.6. The van der Waals surface area contributed by atoms with Crippen molar-refractivity contribution in [3.05, 3.63) is 60.3 Å². The second-order valence-electron chi connectivity index (χ2n) is 6.61. The van der Waals surface area contributed by atoms with Crippen molar-refractivity contribution in [2.24, 2.45) is 5.92 Å². The fourth-order valence-corrected chi connectivity index (χ4v) is 3.37. The predicted octanol–water partition coefficient (Wildman–Crippen LogP) is 1.98. The molecule has 1 fully saturated rings. The summed E-state index contributed by atoms with van der Waals surface area (Å²) in [7, 11) is 1.59. The number of carbonyl (C=O) groups excluding carboxylic acids is 1. The Morgan fingerprint density at radius 2 is 2.23 bits per heavy atom. The van der Waals surface area contributed by atoms with Crippen molar-refractivity contribution in [2.75, 3.05) is 7.11 Å². The minimum Gasteiger partial charge on any atom is -0.495 e. The van der Waals surface area contributed by atoms with E-state index in [9.17, 15) is 9.90 Å². The molecular weight excluding hydrogens is 332 g/mol. The lowest BCUT2D eigenvalue weighted by atomic mass is 9.75. The largest absolute Gasteiger partial charge is 0.495 e. The summed E-state index contributed by atoms with van der Waals surface area (Å²) >= 11 is 0. The van der Waals surface area contributed by atoms with Gasteiger partial charge in [-0.05, 0) is 42.5 Å². The van der Waals surface area contributed by atoms with Crippen LogP contribution < -0.4 is 10.1 Å². The molecule has 1 aliphatic carbocycles. The van der Waals surface area contributed by atoms with Gasteiger partial charge in [-0.3, -0.25) is 9.78 Å². The molecule has 7 nitrogen and oxygen atoms in total. The maximum Gasteiger partial charge on any atom is 0.253 e. The van der Waals surface area contributed by atoms with E-state index < -0.39 is 0 Å². The second-order valence-corrected chi connectivity index (χ2v) is 6.61. The fourth-order valence-electron chi connectivity index (χ4n) is 3.37. The highest BCUT2D eigenvalue weighted by atomic mass is 16.5. The molecule has 0 radical (unpaired) electrons. The first-order valence-corrected chi connectivity index (χ1v) is 8.54. The van der Waals surface area contributed by atoms with Gasteiger partial charge in [0.05, 0.1) is 31.0 Å². The number of nitrogens with one attached hydrogen (secondary N) is 1. The summed E-state index contributed by atoms with van der Waals surface area (Å²) in [5.41, 5.74) is 2.21. The molecule has 1 aliphatic rings. The molecule has 1 unspecified atom stereocenters. The molecule has 2 N–H and O–H groups in total. The average Bonchev–Trinajstić information content (AvgIpc) is 3.11. The number of rotatable bonds is 5. The zero-order valence-corrected chi connectivity index (χ0v) is 14.4. The van der Waals surface area contributed by atoms with Gasteiger partial charge >= 0.3 is 0 Å². The standard InChI is InChI=1S/C19H20N4O3/c1-26-16-8-14(9-20-10-16)18(13-6-15(24)7-13)22-19(25)12-2-3-17-21-4-5-23(17)11-12/h2-5,8-11,13,15,18,24H,6-7H2,1H3,(H,22,25). The number of amides is 1. The van der Waals surface area contributed by atoms with Crippen LogP contribution in [0, 0.1) is 5.92 Å². The molecule has 1 amide bonds. The van der Waals surface area contributed by atoms with E-state index in [4.69, 9.17) is 4.74 Å². The third-order valence-corrected chi connectivity index (χ3v) is 4.89. The lowest BCUT2D eigenvalue weighted by Crippen LogP contribution is -2.41. The Labute approximate surface area is 150 Å². The second kappa shape index (κ2) is 6.76. The zero-order valence-electron chi connectivity index (χ0n) is 14.4. The smallest absolute Gasteiger partial charge is 0.253 e. The minimum atomic E-state index is -0.305. The molecule has 3 aromatic heterocycles. The summed E-state index contributed by atoms with van der Waals surface area (Å²) in [6.07, 6.45) is 9.62. The number of ether oxygens (including phenoxy) is 1. The van der Waals surface area contributed by atoms with E-state index in [0.717, 1.165) is 11.2 Å². The number of imidazole rings is 1. The van der Waals surface area contributed by atoms with Crippen molar-refractivity contribution < 1.29 is 14.6 Å². The van der Waals surface area contributed by atoms with Crippen LogP contribution in [0.5, 0.6) is 5.75 Å². The lowest BCUT2D eigenvalue weighted by molar-refractivity contribution is 0.0234. The fraction of sp³-hybridized carbons (Fsp3) is 0.316. The Morgan fingerprint density at radius 1 is 1.38 bits per heavy atom. The van der Waals surface area contributed by atoms with Crippen molar-refractivity contribution in [2.45, 2.75) is 25.0 Å². The number of aliphatic hydroxyl groups excluding tert-OH is 1. The zero-order chi connectivity index (χ0) is 18.1. The summed E-state index contributed by atoms with van der Waals surface area (Å²) in [6, 6.07) is 5.21. The van der Waals surface area contributed by atoms with Gasteiger partial charge < -0.3 is 19.6 Å². The van der Waals surface area contributed by atoms with Gasteiger partial charge in [0.2, 0.25) is 0 Å². The first kappa shape index (κ1) is 16.5. The summed E-state index contributed by atoms with van der Waals surface area (Å²) < 4.78 is 7.06. The van der Waals surface area contributed by atoms with Crippen LogP contribution >= 0.6 is 0 Å². The molecule has 26 heavy (non-hydrogen) atoms. The molecule has 134 valence electrons. The Balaban J connectivity index is 1.60. The third kappa shape index (κ3) is 3.13. The van der Waals surface area contributed by atoms with Crippen molar-refractivity contribution >= 4 is 11.6 Å². The van der Waals surface area contributed by atoms with E-state index in [1.54, 1.807) is 44.2 Å². The average molecular weight is 352 g/mol. The van der Waals surface area contributed by atoms with E-state index in [1.165, 1.54) is 0 Å². The molecule has 0 spiro atoms. The van der Waals surface area contributed by atoms with Crippen LogP contribution in [0.15, 0.2) is 49.2 Å². The Hall–Kier alpha value is -2.93. The van der Waals surface area contributed by atoms with Gasteiger partial charge in [-0.15, -0.1) is 0 Å². The van der Waals surface area contributed by atoms with Gasteiger partial charge in [0.1, 0.15) is 11.4 Å². The monoisotopic (exact) mass is 352 g/mol. The van der Waals surface area contributed by atoms with E-state index in [0.29, 0.717) is 24.2 Å². The summed E-state index contributed by atoms with van der Waals surface area (Å²) in [4.78, 5) is 21.2. The number of methoxy groups -OCH3 is 1. The molecule has 7 heteroatoms. The summed E-state index contributed by atoms with van der Waals surface area (Å²) in [5, 5.41) is 12.8. The molecule has 0 aromatic carbocycles. The Bertz CT molecular complexity index is 933. The van der Waals surface area contributed by atoms with Gasteiger partial charge in [0, 0.05) is 24.8 Å². The number of aliphatic hydroxyl groups is 1. The summed E-state index contributed by atoms with van der Waals surface area (Å²) in [6.45, 7) is 0. The number of hydrogen-bond donors (Lipinski definition) is 2. The minimum absolute atomic E-state index is 0.167. The van der Waals surface area contributed by atoms with Crippen molar-refractivity contribution in [3.63, 3.8) is 0 Å². The Morgan fingerprint density at radius 3 is 3.00 bits per heavy atom. The molecule has 1 atom stereocenters. The SMILES string of the molecule is COc1cncc(C(NC(=O)c2ccc3nccn3c2)C2CC(O)C2)c1. The molecule has 3 aromatic rings. The van der Waals surface area contributed by atoms with Crippen molar-refractivity contribution in [1.82, 2.24) is 19.7 Å². The van der Waals surface area contributed by atoms with E-state index in [1.807, 2.05) is 16.5 Å². The van der Waals surface area contributed by atoms with Crippen molar-refractivity contribution in [3.8, 4) is 5.75 Å². The lowest BCUT2D eigenvalue weighted by Gasteiger charge is -2.38. The molecule has 0 aliphatic heterocycles. The van der Waals surface area contributed by atoms with Crippen LogP contribution in [0.25, 0.3) is 5.65 Å². The van der Waals surface area contributed by atoms with E-state index >= 15 is 0 Å². The van der Waals surface area contributed by atoms with E-state index in [-0.39, 0.29) is 24.0 Å². The molecular formula is C19H20N4O3. The normalized spacial score (nSPS) is 20.4. The number of hydrogen-bond acceptors (Lipinski definition) is 5. The van der Waals surface area contributed by atoms with Crippen LogP contribution in [0.3, 0.4) is 0 Å². The van der Waals surface area contributed by atoms with Crippen LogP contribution in [-0.2, 0) is 0 Å². The van der Waals surface area contributed by atoms with Crippen molar-refractivity contribution in [1.29, 1.82) is 0 Å². The maximum atomic E-state index is 12.8. The summed E-state index contributed by atoms with van der Waals surface area (Å²) in [5.74, 6) is 0.635. The van der Waals surface area contributed by atoms with E-state index in [2.05, 4.69) is 15.3 Å². The maximum absolute atomic E-state index is 12.8. The van der Waals surface area contributed by atoms with Gasteiger partial charge in [0.25, 0.3) is 5.91 Å². The third-order valence-electron chi connectivity index (χ3n) is 4.89. The predicted molar refractivity (Wildman–Crippen MR) is 94.9 cm³/mol. The first-order valence-electron chi connectivity index (χ1n) is 8.54. The quantitative estimate of drug-likeness (QED) is 0.733. The van der Waals surface area contributed by atoms with Crippen LogP contribution in [0.4, 0.5) is 0 Å². The number of pyridine rings is 2.